The third kappa shape index (κ3) is 2.55. The zero-order chi connectivity index (χ0) is 13.2. The fraction of sp³-hybridized carbons (Fsp3) is 0.385. The highest BCUT2D eigenvalue weighted by atomic mass is 79.9. The SMILES string of the molecule is Fc1c(Br)cccc1-c1nc(C2CCCCN2)no1. The van der Waals surface area contributed by atoms with Gasteiger partial charge in [0.15, 0.2) is 5.82 Å². The smallest absolute Gasteiger partial charge is 0.260 e. The second-order valence-electron chi connectivity index (χ2n) is 4.56. The van der Waals surface area contributed by atoms with Crippen molar-refractivity contribution >= 4 is 15.9 Å². The molecule has 4 nitrogen and oxygen atoms in total. The van der Waals surface area contributed by atoms with E-state index < -0.39 is 0 Å². The van der Waals surface area contributed by atoms with Gasteiger partial charge in [-0.1, -0.05) is 17.6 Å². The summed E-state index contributed by atoms with van der Waals surface area (Å²) in [4.78, 5) is 4.30. The molecule has 1 fully saturated rings. The summed E-state index contributed by atoms with van der Waals surface area (Å²) >= 11 is 3.15. The maximum Gasteiger partial charge on any atom is 0.260 e. The van der Waals surface area contributed by atoms with Gasteiger partial charge in [0.1, 0.15) is 5.82 Å². The number of nitrogens with one attached hydrogen (secondary N) is 1. The van der Waals surface area contributed by atoms with Crippen molar-refractivity contribution in [3.05, 3.63) is 34.3 Å². The number of benzene rings is 1. The average Bonchev–Trinajstić information content (AvgIpc) is 2.92. The number of nitrogens with zero attached hydrogens (tertiary/aromatic N) is 2. The molecule has 1 atom stereocenters. The predicted octanol–water partition coefficient (Wildman–Crippen LogP) is 3.45. The maximum atomic E-state index is 13.9. The molecule has 6 heteroatoms. The van der Waals surface area contributed by atoms with Crippen LogP contribution in [0.4, 0.5) is 4.39 Å². The third-order valence-corrected chi connectivity index (χ3v) is 3.86. The van der Waals surface area contributed by atoms with Crippen molar-refractivity contribution in [2.45, 2.75) is 25.3 Å². The Kier molecular flexibility index (Phi) is 3.61. The van der Waals surface area contributed by atoms with Crippen LogP contribution in [0.15, 0.2) is 27.2 Å². The van der Waals surface area contributed by atoms with Crippen LogP contribution in [0.5, 0.6) is 0 Å². The van der Waals surface area contributed by atoms with Crippen LogP contribution in [0.3, 0.4) is 0 Å². The summed E-state index contributed by atoms with van der Waals surface area (Å²) in [5.41, 5.74) is 0.323. The van der Waals surface area contributed by atoms with Gasteiger partial charge in [-0.05, 0) is 47.4 Å². The van der Waals surface area contributed by atoms with Crippen molar-refractivity contribution in [1.82, 2.24) is 15.5 Å². The van der Waals surface area contributed by atoms with Gasteiger partial charge in [0.25, 0.3) is 5.89 Å². The van der Waals surface area contributed by atoms with E-state index in [1.165, 1.54) is 6.42 Å². The second-order valence-corrected chi connectivity index (χ2v) is 5.42. The first kappa shape index (κ1) is 12.7. The fourth-order valence-electron chi connectivity index (χ4n) is 2.23. The monoisotopic (exact) mass is 325 g/mol. The molecule has 1 saturated heterocycles. The van der Waals surface area contributed by atoms with Crippen LogP contribution >= 0.6 is 15.9 Å². The van der Waals surface area contributed by atoms with Gasteiger partial charge in [-0.2, -0.15) is 4.98 Å². The molecule has 1 aromatic carbocycles. The summed E-state index contributed by atoms with van der Waals surface area (Å²) in [5, 5.41) is 7.29. The van der Waals surface area contributed by atoms with Crippen LogP contribution in [-0.4, -0.2) is 16.7 Å². The summed E-state index contributed by atoms with van der Waals surface area (Å²) in [7, 11) is 0. The molecule has 1 aliphatic rings. The lowest BCUT2D eigenvalue weighted by molar-refractivity contribution is 0.366. The Hall–Kier alpha value is -1.27. The fourth-order valence-corrected chi connectivity index (χ4v) is 2.59. The van der Waals surface area contributed by atoms with E-state index in [0.717, 1.165) is 19.4 Å². The number of aromatic nitrogens is 2. The normalized spacial score (nSPS) is 19.6. The van der Waals surface area contributed by atoms with E-state index in [0.29, 0.717) is 15.9 Å². The molecule has 1 N–H and O–H groups in total. The molecule has 0 radical (unpaired) electrons. The van der Waals surface area contributed by atoms with E-state index in [9.17, 15) is 4.39 Å². The van der Waals surface area contributed by atoms with Gasteiger partial charge in [0, 0.05) is 0 Å². The Morgan fingerprint density at radius 1 is 1.37 bits per heavy atom. The molecular weight excluding hydrogens is 313 g/mol. The van der Waals surface area contributed by atoms with Gasteiger partial charge in [0.05, 0.1) is 16.1 Å². The molecule has 100 valence electrons. The zero-order valence-electron chi connectivity index (χ0n) is 10.2. The van der Waals surface area contributed by atoms with E-state index in [1.807, 2.05) is 0 Å². The summed E-state index contributed by atoms with van der Waals surface area (Å²) in [6, 6.07) is 5.12. The molecule has 3 rings (SSSR count). The lowest BCUT2D eigenvalue weighted by Gasteiger charge is -2.19. The van der Waals surface area contributed by atoms with Crippen LogP contribution in [0.25, 0.3) is 11.5 Å². The standard InChI is InChI=1S/C13H13BrFN3O/c14-9-5-3-4-8(11(9)15)13-17-12(18-19-13)10-6-1-2-7-16-10/h3-5,10,16H,1-2,6-7H2. The molecule has 0 spiro atoms. The van der Waals surface area contributed by atoms with Gasteiger partial charge in [-0.3, -0.25) is 0 Å². The van der Waals surface area contributed by atoms with Crippen LogP contribution < -0.4 is 5.32 Å². The topological polar surface area (TPSA) is 51.0 Å². The summed E-state index contributed by atoms with van der Waals surface area (Å²) in [6.07, 6.45) is 3.30. The minimum absolute atomic E-state index is 0.112. The minimum Gasteiger partial charge on any atom is -0.334 e. The quantitative estimate of drug-likeness (QED) is 0.918. The molecule has 2 heterocycles. The highest BCUT2D eigenvalue weighted by Crippen LogP contribution is 2.28. The van der Waals surface area contributed by atoms with Crippen molar-refractivity contribution in [2.24, 2.45) is 0 Å². The first-order valence-corrected chi connectivity index (χ1v) is 7.06. The Balaban J connectivity index is 1.90. The first-order chi connectivity index (χ1) is 9.25. The highest BCUT2D eigenvalue weighted by molar-refractivity contribution is 9.10. The van der Waals surface area contributed by atoms with Gasteiger partial charge in [-0.15, -0.1) is 0 Å². The molecule has 0 amide bonds. The zero-order valence-corrected chi connectivity index (χ0v) is 11.8. The Labute approximate surface area is 118 Å². The number of rotatable bonds is 2. The van der Waals surface area contributed by atoms with Gasteiger partial charge < -0.3 is 9.84 Å². The van der Waals surface area contributed by atoms with Crippen molar-refractivity contribution in [3.8, 4) is 11.5 Å². The number of piperidine rings is 1. The molecule has 19 heavy (non-hydrogen) atoms. The molecule has 1 unspecified atom stereocenters. The van der Waals surface area contributed by atoms with Gasteiger partial charge >= 0.3 is 0 Å². The van der Waals surface area contributed by atoms with E-state index >= 15 is 0 Å². The summed E-state index contributed by atoms with van der Waals surface area (Å²) in [5.74, 6) is 0.449. The molecular formula is C13H13BrFN3O. The lowest BCUT2D eigenvalue weighted by Crippen LogP contribution is -2.27. The highest BCUT2D eigenvalue weighted by Gasteiger charge is 2.22. The lowest BCUT2D eigenvalue weighted by atomic mass is 10.0. The van der Waals surface area contributed by atoms with E-state index in [-0.39, 0.29) is 17.7 Å². The van der Waals surface area contributed by atoms with Crippen molar-refractivity contribution in [3.63, 3.8) is 0 Å². The summed E-state index contributed by atoms with van der Waals surface area (Å²) < 4.78 is 19.5. The van der Waals surface area contributed by atoms with Crippen LogP contribution in [0, 0.1) is 5.82 Å². The van der Waals surface area contributed by atoms with Crippen LogP contribution in [0.1, 0.15) is 31.1 Å². The molecule has 1 aromatic heterocycles. The van der Waals surface area contributed by atoms with E-state index in [2.05, 4.69) is 31.4 Å². The number of hydrogen-bond donors (Lipinski definition) is 1. The first-order valence-electron chi connectivity index (χ1n) is 6.27. The van der Waals surface area contributed by atoms with Gasteiger partial charge in [-0.25, -0.2) is 4.39 Å². The van der Waals surface area contributed by atoms with Crippen molar-refractivity contribution < 1.29 is 8.91 Å². The van der Waals surface area contributed by atoms with E-state index in [4.69, 9.17) is 4.52 Å². The van der Waals surface area contributed by atoms with Crippen molar-refractivity contribution in [1.29, 1.82) is 0 Å². The molecule has 1 aliphatic heterocycles. The molecule has 2 aromatic rings. The Morgan fingerprint density at radius 2 is 2.26 bits per heavy atom. The Bertz CT molecular complexity index is 581. The summed E-state index contributed by atoms with van der Waals surface area (Å²) in [6.45, 7) is 0.958. The second kappa shape index (κ2) is 5.38. The number of hydrogen-bond acceptors (Lipinski definition) is 4. The third-order valence-electron chi connectivity index (χ3n) is 3.25. The maximum absolute atomic E-state index is 13.9. The predicted molar refractivity (Wildman–Crippen MR) is 72.0 cm³/mol. The van der Waals surface area contributed by atoms with Crippen molar-refractivity contribution in [2.75, 3.05) is 6.54 Å². The Morgan fingerprint density at radius 3 is 3.05 bits per heavy atom. The van der Waals surface area contributed by atoms with E-state index in [1.54, 1.807) is 18.2 Å². The largest absolute Gasteiger partial charge is 0.334 e. The molecule has 0 bridgehead atoms. The van der Waals surface area contributed by atoms with Crippen LogP contribution in [-0.2, 0) is 0 Å². The molecule has 0 aliphatic carbocycles. The average molecular weight is 326 g/mol. The van der Waals surface area contributed by atoms with Crippen LogP contribution in [0.2, 0.25) is 0 Å². The molecule has 0 saturated carbocycles. The number of halogens is 2. The minimum atomic E-state index is -0.380. The van der Waals surface area contributed by atoms with Gasteiger partial charge in [0.2, 0.25) is 0 Å².